The van der Waals surface area contributed by atoms with Crippen molar-refractivity contribution in [3.05, 3.63) is 0 Å². The summed E-state index contributed by atoms with van der Waals surface area (Å²) < 4.78 is 0. The molecule has 0 fully saturated rings. The monoisotopic (exact) mass is 240 g/mol. The lowest BCUT2D eigenvalue weighted by atomic mass is 10.0. The molecule has 0 radical (unpaired) electrons. The maximum absolute atomic E-state index is 9.90. The second-order valence-corrected chi connectivity index (χ2v) is 2.76. The fourth-order valence-corrected chi connectivity index (χ4v) is 0.618. The number of hydrogen-bond acceptors (Lipinski definition) is 7. The molecule has 0 rings (SSSR count). The smallest absolute Gasteiger partial charge is 0.309 e. The summed E-state index contributed by atoms with van der Waals surface area (Å²) in [6.45, 7) is -0.760. The molecule has 0 spiro atoms. The third-order valence-corrected chi connectivity index (χ3v) is 1.42. The van der Waals surface area contributed by atoms with Gasteiger partial charge in [-0.15, -0.1) is 0 Å². The quantitative estimate of drug-likeness (QED) is 0.236. The minimum absolute atomic E-state index is 0.0258. The number of nitrogens with two attached hydrogens (primary N) is 2. The van der Waals surface area contributed by atoms with E-state index in [4.69, 9.17) is 30.3 Å². The van der Waals surface area contributed by atoms with Gasteiger partial charge in [0.2, 0.25) is 0 Å². The normalized spacial score (nSPS) is 17.3. The average Bonchev–Trinajstić information content (AvgIpc) is 2.24. The Morgan fingerprint density at radius 3 is 1.75 bits per heavy atom. The highest BCUT2D eigenvalue weighted by atomic mass is 16.4. The van der Waals surface area contributed by atoms with E-state index in [-0.39, 0.29) is 6.29 Å². The Bertz CT molecular complexity index is 209. The summed E-state index contributed by atoms with van der Waals surface area (Å²) in [5.41, 5.74) is 8.50. The summed E-state index contributed by atoms with van der Waals surface area (Å²) in [6, 6.07) is -0.833. The minimum Gasteiger partial charge on any atom is -0.394 e. The molecular formula is C7H16N2O7. The van der Waals surface area contributed by atoms with Crippen LogP contribution in [0.3, 0.4) is 0 Å². The van der Waals surface area contributed by atoms with Crippen molar-refractivity contribution in [1.29, 1.82) is 0 Å². The molecule has 9 nitrogen and oxygen atoms in total. The van der Waals surface area contributed by atoms with E-state index < -0.39 is 37.1 Å². The number of hydrogen-bond donors (Lipinski definition) is 7. The number of carbonyl (C=O) groups excluding carboxylic acids is 2. The molecule has 16 heavy (non-hydrogen) atoms. The van der Waals surface area contributed by atoms with Gasteiger partial charge in [-0.25, -0.2) is 4.79 Å². The minimum atomic E-state index is -1.79. The lowest BCUT2D eigenvalue weighted by molar-refractivity contribution is -0.136. The van der Waals surface area contributed by atoms with Gasteiger partial charge in [-0.05, 0) is 0 Å². The summed E-state index contributed by atoms with van der Waals surface area (Å²) in [6.07, 6.45) is -6.84. The van der Waals surface area contributed by atoms with Crippen molar-refractivity contribution in [2.75, 3.05) is 6.61 Å². The highest BCUT2D eigenvalue weighted by Gasteiger charge is 2.29. The molecule has 0 aromatic rings. The van der Waals surface area contributed by atoms with Crippen LogP contribution in [0, 0.1) is 0 Å². The maximum atomic E-state index is 9.90. The Morgan fingerprint density at radius 2 is 1.50 bits per heavy atom. The molecule has 0 aromatic heterocycles. The third-order valence-electron chi connectivity index (χ3n) is 1.42. The third kappa shape index (κ3) is 8.08. The number of aliphatic hydroxyl groups excluding tert-OH is 5. The molecular weight excluding hydrogens is 224 g/mol. The molecule has 2 amide bonds. The van der Waals surface area contributed by atoms with Gasteiger partial charge in [-0.3, -0.25) is 0 Å². The molecule has 0 saturated heterocycles. The predicted octanol–water partition coefficient (Wildman–Crippen LogP) is -4.35. The van der Waals surface area contributed by atoms with Gasteiger partial charge in [0.05, 0.1) is 6.61 Å². The van der Waals surface area contributed by atoms with Crippen molar-refractivity contribution in [3.63, 3.8) is 0 Å². The Balaban J connectivity index is 0. The zero-order chi connectivity index (χ0) is 13.3. The van der Waals surface area contributed by atoms with Gasteiger partial charge in [-0.2, -0.15) is 0 Å². The number of amides is 2. The van der Waals surface area contributed by atoms with E-state index in [1.807, 2.05) is 0 Å². The summed E-state index contributed by atoms with van der Waals surface area (Å²) in [5, 5.41) is 43.5. The van der Waals surface area contributed by atoms with E-state index in [0.717, 1.165) is 0 Å². The molecule has 4 atom stereocenters. The average molecular weight is 240 g/mol. The number of carbonyl (C=O) groups is 2. The fraction of sp³-hybridized carbons (Fsp3) is 0.714. The number of urea groups is 1. The predicted molar refractivity (Wildman–Crippen MR) is 50.9 cm³/mol. The van der Waals surface area contributed by atoms with Crippen LogP contribution in [0.1, 0.15) is 0 Å². The molecule has 0 bridgehead atoms. The summed E-state index contributed by atoms with van der Waals surface area (Å²) >= 11 is 0. The highest BCUT2D eigenvalue weighted by Crippen LogP contribution is 2.02. The Hall–Kier alpha value is -1.26. The number of primary amides is 2. The van der Waals surface area contributed by atoms with Gasteiger partial charge in [0, 0.05) is 0 Å². The van der Waals surface area contributed by atoms with Gasteiger partial charge < -0.3 is 41.8 Å². The van der Waals surface area contributed by atoms with Crippen LogP contribution in [0.25, 0.3) is 0 Å². The van der Waals surface area contributed by atoms with Crippen LogP contribution in [-0.4, -0.2) is 68.9 Å². The van der Waals surface area contributed by atoms with Crippen LogP contribution in [-0.2, 0) is 4.79 Å². The second kappa shape index (κ2) is 9.00. The van der Waals surface area contributed by atoms with Crippen molar-refractivity contribution in [1.82, 2.24) is 0 Å². The van der Waals surface area contributed by atoms with Gasteiger partial charge in [-0.1, -0.05) is 0 Å². The van der Waals surface area contributed by atoms with E-state index in [0.29, 0.717) is 0 Å². The zero-order valence-electron chi connectivity index (χ0n) is 8.30. The van der Waals surface area contributed by atoms with Crippen molar-refractivity contribution >= 4 is 12.3 Å². The van der Waals surface area contributed by atoms with Gasteiger partial charge in [0.1, 0.15) is 24.4 Å². The maximum Gasteiger partial charge on any atom is 0.309 e. The first kappa shape index (κ1) is 17.1. The molecule has 0 aliphatic heterocycles. The van der Waals surface area contributed by atoms with Crippen LogP contribution in [0.2, 0.25) is 0 Å². The lowest BCUT2D eigenvalue weighted by Crippen LogP contribution is -2.46. The summed E-state index contributed by atoms with van der Waals surface area (Å²) in [7, 11) is 0. The van der Waals surface area contributed by atoms with Crippen molar-refractivity contribution < 1.29 is 35.1 Å². The molecule has 0 aliphatic rings. The molecule has 0 heterocycles. The zero-order valence-corrected chi connectivity index (χ0v) is 8.30. The first-order valence-electron chi connectivity index (χ1n) is 4.11. The topological polar surface area (TPSA) is 187 Å². The summed E-state index contributed by atoms with van der Waals surface area (Å²) in [5.74, 6) is 0. The second-order valence-electron chi connectivity index (χ2n) is 2.76. The van der Waals surface area contributed by atoms with E-state index in [1.54, 1.807) is 0 Å². The first-order valence-corrected chi connectivity index (χ1v) is 4.11. The van der Waals surface area contributed by atoms with Crippen molar-refractivity contribution in [2.24, 2.45) is 11.5 Å². The summed E-state index contributed by atoms with van der Waals surface area (Å²) in [4.78, 5) is 18.9. The molecule has 9 N–H and O–H groups in total. The van der Waals surface area contributed by atoms with Crippen LogP contribution in [0.15, 0.2) is 0 Å². The van der Waals surface area contributed by atoms with Crippen molar-refractivity contribution in [2.45, 2.75) is 24.4 Å². The number of aldehydes is 1. The number of rotatable bonds is 5. The number of aliphatic hydroxyl groups is 5. The fourth-order valence-electron chi connectivity index (χ4n) is 0.618. The van der Waals surface area contributed by atoms with E-state index in [1.165, 1.54) is 0 Å². The Kier molecular flexibility index (Phi) is 9.65. The van der Waals surface area contributed by atoms with Crippen LogP contribution < -0.4 is 11.5 Å². The molecule has 0 saturated carbocycles. The Morgan fingerprint density at radius 1 is 1.12 bits per heavy atom. The van der Waals surface area contributed by atoms with Crippen LogP contribution in [0.4, 0.5) is 4.79 Å². The molecule has 0 aliphatic carbocycles. The van der Waals surface area contributed by atoms with E-state index >= 15 is 0 Å². The molecule has 9 heteroatoms. The van der Waals surface area contributed by atoms with Crippen molar-refractivity contribution in [3.8, 4) is 0 Å². The standard InChI is InChI=1S/C6H12O6.CH4N2O/c7-1-3(9)5(11)6(12)4(10)2-8;2-1(3)4/h1,3-6,8-12H,2H2;(H4,2,3,4). The van der Waals surface area contributed by atoms with Gasteiger partial charge >= 0.3 is 6.03 Å². The van der Waals surface area contributed by atoms with E-state index in [2.05, 4.69) is 11.5 Å². The molecule has 0 aromatic carbocycles. The van der Waals surface area contributed by atoms with Crippen LogP contribution in [0.5, 0.6) is 0 Å². The van der Waals surface area contributed by atoms with E-state index in [9.17, 15) is 4.79 Å². The highest BCUT2D eigenvalue weighted by molar-refractivity contribution is 5.69. The van der Waals surface area contributed by atoms with Crippen LogP contribution >= 0.6 is 0 Å². The molecule has 4 unspecified atom stereocenters. The lowest BCUT2D eigenvalue weighted by Gasteiger charge is -2.22. The molecule has 96 valence electrons. The van der Waals surface area contributed by atoms with Gasteiger partial charge in [0.15, 0.2) is 6.29 Å². The van der Waals surface area contributed by atoms with Gasteiger partial charge in [0.25, 0.3) is 0 Å². The largest absolute Gasteiger partial charge is 0.394 e. The SMILES string of the molecule is NC(N)=O.O=CC(O)C(O)C(O)C(O)CO. The first-order chi connectivity index (χ1) is 7.27. The Labute approximate surface area is 90.9 Å².